The van der Waals surface area contributed by atoms with Gasteiger partial charge in [-0.25, -0.2) is 0 Å². The maximum Gasteiger partial charge on any atom is 0.253 e. The predicted octanol–water partition coefficient (Wildman–Crippen LogP) is 3.42. The number of amides is 1. The van der Waals surface area contributed by atoms with Crippen LogP contribution in [0, 0.1) is 5.92 Å². The Hall–Kier alpha value is -3.06. The normalized spacial score (nSPS) is 15.2. The maximum absolute atomic E-state index is 12.5. The maximum atomic E-state index is 12.5. The summed E-state index contributed by atoms with van der Waals surface area (Å²) in [5, 5.41) is 11.8. The molecule has 1 amide bonds. The summed E-state index contributed by atoms with van der Waals surface area (Å²) < 4.78 is 2.17. The van der Waals surface area contributed by atoms with Gasteiger partial charge >= 0.3 is 0 Å². The van der Waals surface area contributed by atoms with Crippen molar-refractivity contribution in [2.24, 2.45) is 5.92 Å². The van der Waals surface area contributed by atoms with Crippen LogP contribution in [0.5, 0.6) is 0 Å². The third kappa shape index (κ3) is 5.40. The molecule has 1 aliphatic rings. The molecule has 4 rings (SSSR count). The number of nitrogens with zero attached hydrogens (tertiary/aromatic N) is 5. The lowest BCUT2D eigenvalue weighted by Gasteiger charge is -2.20. The molecule has 0 bridgehead atoms. The number of rotatable bonds is 7. The lowest BCUT2D eigenvalue weighted by Crippen LogP contribution is -2.30. The number of nitrogens with one attached hydrogen (secondary N) is 1. The van der Waals surface area contributed by atoms with E-state index >= 15 is 0 Å². The number of hydrogen-bond donors (Lipinski definition) is 1. The van der Waals surface area contributed by atoms with E-state index in [0.717, 1.165) is 50.7 Å². The molecular formula is C25H32N6O. The van der Waals surface area contributed by atoms with Crippen molar-refractivity contribution in [2.75, 3.05) is 13.1 Å². The van der Waals surface area contributed by atoms with Crippen molar-refractivity contribution in [3.05, 3.63) is 77.1 Å². The minimum Gasteiger partial charge on any atom is -0.342 e. The van der Waals surface area contributed by atoms with Crippen molar-refractivity contribution in [3.63, 3.8) is 0 Å². The van der Waals surface area contributed by atoms with Crippen LogP contribution in [-0.2, 0) is 25.9 Å². The van der Waals surface area contributed by atoms with Crippen LogP contribution in [-0.4, -0.2) is 43.6 Å². The largest absolute Gasteiger partial charge is 0.342 e. The Morgan fingerprint density at radius 2 is 1.81 bits per heavy atom. The van der Waals surface area contributed by atoms with Crippen molar-refractivity contribution >= 4 is 5.91 Å². The van der Waals surface area contributed by atoms with Crippen molar-refractivity contribution in [1.82, 2.24) is 30.0 Å². The van der Waals surface area contributed by atoms with Gasteiger partial charge < -0.3 is 9.88 Å². The zero-order valence-corrected chi connectivity index (χ0v) is 19.2. The van der Waals surface area contributed by atoms with Crippen molar-refractivity contribution in [2.45, 2.75) is 52.7 Å². The van der Waals surface area contributed by atoms with Crippen LogP contribution in [0.1, 0.15) is 59.9 Å². The summed E-state index contributed by atoms with van der Waals surface area (Å²) >= 11 is 0. The van der Waals surface area contributed by atoms with E-state index in [0.29, 0.717) is 11.5 Å². The van der Waals surface area contributed by atoms with Crippen LogP contribution in [0.25, 0.3) is 0 Å². The second-order valence-corrected chi connectivity index (χ2v) is 9.00. The van der Waals surface area contributed by atoms with E-state index in [4.69, 9.17) is 0 Å². The molecule has 1 N–H and O–H groups in total. The Bertz CT molecular complexity index is 1030. The summed E-state index contributed by atoms with van der Waals surface area (Å²) in [6.07, 6.45) is 5.20. The van der Waals surface area contributed by atoms with Gasteiger partial charge in [0.15, 0.2) is 5.82 Å². The Morgan fingerprint density at radius 1 is 1.03 bits per heavy atom. The average molecular weight is 433 g/mol. The fraction of sp³-hybridized carbons (Fsp3) is 0.440. The van der Waals surface area contributed by atoms with Gasteiger partial charge in [-0.2, -0.15) is 0 Å². The van der Waals surface area contributed by atoms with Gasteiger partial charge in [-0.05, 0) is 42.5 Å². The van der Waals surface area contributed by atoms with Crippen molar-refractivity contribution < 1.29 is 4.79 Å². The molecule has 1 aliphatic heterocycles. The first-order valence-corrected chi connectivity index (χ1v) is 11.4. The highest BCUT2D eigenvalue weighted by Gasteiger charge is 2.23. The van der Waals surface area contributed by atoms with Gasteiger partial charge in [0.25, 0.3) is 5.91 Å². The highest BCUT2D eigenvalue weighted by molar-refractivity contribution is 5.94. The van der Waals surface area contributed by atoms with Gasteiger partial charge in [0.1, 0.15) is 5.82 Å². The third-order valence-corrected chi connectivity index (χ3v) is 5.88. The van der Waals surface area contributed by atoms with E-state index in [1.807, 2.05) is 6.92 Å². The molecule has 7 heteroatoms. The molecule has 2 aromatic heterocycles. The highest BCUT2D eigenvalue weighted by atomic mass is 16.1. The molecule has 7 nitrogen and oxygen atoms in total. The molecule has 3 heterocycles. The quantitative estimate of drug-likeness (QED) is 0.619. The van der Waals surface area contributed by atoms with E-state index in [1.54, 1.807) is 24.5 Å². The van der Waals surface area contributed by atoms with E-state index in [9.17, 15) is 4.79 Å². The number of hydrogen-bond acceptors (Lipinski definition) is 5. The van der Waals surface area contributed by atoms with Gasteiger partial charge in [-0.1, -0.05) is 38.1 Å². The second-order valence-electron chi connectivity index (χ2n) is 9.00. The molecule has 1 unspecified atom stereocenters. The van der Waals surface area contributed by atoms with Crippen LogP contribution in [0.4, 0.5) is 0 Å². The average Bonchev–Trinajstić information content (AvgIpc) is 3.10. The lowest BCUT2D eigenvalue weighted by molar-refractivity contribution is 0.0937. The fourth-order valence-electron chi connectivity index (χ4n) is 4.22. The monoisotopic (exact) mass is 432 g/mol. The predicted molar refractivity (Wildman–Crippen MR) is 124 cm³/mol. The Kier molecular flexibility index (Phi) is 6.95. The summed E-state index contributed by atoms with van der Waals surface area (Å²) in [7, 11) is 0. The zero-order chi connectivity index (χ0) is 22.5. The molecular weight excluding hydrogens is 400 g/mol. The van der Waals surface area contributed by atoms with E-state index in [1.165, 1.54) is 11.1 Å². The van der Waals surface area contributed by atoms with Gasteiger partial charge in [0.05, 0.1) is 11.6 Å². The molecule has 0 radical (unpaired) electrons. The fourth-order valence-corrected chi connectivity index (χ4v) is 4.22. The lowest BCUT2D eigenvalue weighted by atomic mass is 10.0. The molecule has 3 aromatic rings. The van der Waals surface area contributed by atoms with Crippen LogP contribution >= 0.6 is 0 Å². The number of carbonyl (C=O) groups is 1. The van der Waals surface area contributed by atoms with Gasteiger partial charge in [-0.3, -0.25) is 14.7 Å². The molecule has 0 spiro atoms. The first-order chi connectivity index (χ1) is 15.5. The molecule has 0 aliphatic carbocycles. The molecule has 32 heavy (non-hydrogen) atoms. The minimum absolute atomic E-state index is 0.154. The number of aromatic nitrogens is 4. The van der Waals surface area contributed by atoms with Gasteiger partial charge in [0, 0.05) is 45.0 Å². The topological polar surface area (TPSA) is 75.9 Å². The highest BCUT2D eigenvalue weighted by Crippen LogP contribution is 2.18. The van der Waals surface area contributed by atoms with E-state index in [-0.39, 0.29) is 11.9 Å². The van der Waals surface area contributed by atoms with E-state index < -0.39 is 0 Å². The number of benzene rings is 1. The molecule has 1 aromatic carbocycles. The van der Waals surface area contributed by atoms with Crippen LogP contribution in [0.15, 0.2) is 48.8 Å². The SMILES string of the molecule is CC(C)Cc1ccc(CN2CCc3nnc(C(C)NC(=O)c4cccnc4)n3CC2)cc1. The third-order valence-electron chi connectivity index (χ3n) is 5.88. The molecule has 1 atom stereocenters. The molecule has 0 saturated carbocycles. The standard InChI is InChI=1S/C25H32N6O/c1-18(2)15-20-6-8-21(9-7-20)17-30-12-10-23-28-29-24(31(23)14-13-30)19(3)27-25(32)22-5-4-11-26-16-22/h4-9,11,16,18-19H,10,12-15,17H2,1-3H3,(H,27,32). The summed E-state index contributed by atoms with van der Waals surface area (Å²) in [6, 6.07) is 12.3. The van der Waals surface area contributed by atoms with Crippen LogP contribution in [0.2, 0.25) is 0 Å². The van der Waals surface area contributed by atoms with Crippen molar-refractivity contribution in [3.8, 4) is 0 Å². The summed E-state index contributed by atoms with van der Waals surface area (Å²) in [5.74, 6) is 2.31. The van der Waals surface area contributed by atoms with Crippen molar-refractivity contribution in [1.29, 1.82) is 0 Å². The van der Waals surface area contributed by atoms with Crippen LogP contribution in [0.3, 0.4) is 0 Å². The summed E-state index contributed by atoms with van der Waals surface area (Å²) in [6.45, 7) is 10.1. The molecule has 168 valence electrons. The first-order valence-electron chi connectivity index (χ1n) is 11.4. The molecule has 0 fully saturated rings. The Labute approximate surface area is 189 Å². The second kappa shape index (κ2) is 10.0. The van der Waals surface area contributed by atoms with Gasteiger partial charge in [0.2, 0.25) is 0 Å². The van der Waals surface area contributed by atoms with Crippen LogP contribution < -0.4 is 5.32 Å². The first kappa shape index (κ1) is 22.1. The minimum atomic E-state index is -0.232. The summed E-state index contributed by atoms with van der Waals surface area (Å²) in [4.78, 5) is 19.0. The van der Waals surface area contributed by atoms with E-state index in [2.05, 4.69) is 68.1 Å². The number of pyridine rings is 1. The Balaban J connectivity index is 1.37. The smallest absolute Gasteiger partial charge is 0.253 e. The number of carbonyl (C=O) groups excluding carboxylic acids is 1. The molecule has 0 saturated heterocycles. The zero-order valence-electron chi connectivity index (χ0n) is 19.2. The van der Waals surface area contributed by atoms with Gasteiger partial charge in [-0.15, -0.1) is 10.2 Å². The summed E-state index contributed by atoms with van der Waals surface area (Å²) in [5.41, 5.74) is 3.28. The Morgan fingerprint density at radius 3 is 2.53 bits per heavy atom. The number of fused-ring (bicyclic) bond motifs is 1.